The molecule has 33 heavy (non-hydrogen) atoms. The van der Waals surface area contributed by atoms with Gasteiger partial charge in [-0.2, -0.15) is 0 Å². The van der Waals surface area contributed by atoms with E-state index in [1.165, 1.54) is 24.3 Å². The lowest BCUT2D eigenvalue weighted by molar-refractivity contribution is -0.139. The van der Waals surface area contributed by atoms with Crippen LogP contribution in [0.2, 0.25) is 0 Å². The second-order valence-electron chi connectivity index (χ2n) is 6.75. The Morgan fingerprint density at radius 1 is 1.18 bits per heavy atom. The number of hydrogen-bond donors (Lipinski definition) is 2. The van der Waals surface area contributed by atoms with Gasteiger partial charge in [0.15, 0.2) is 22.4 Å². The molecule has 174 valence electrons. The van der Waals surface area contributed by atoms with E-state index in [1.54, 1.807) is 31.2 Å². The molecule has 1 aliphatic rings. The minimum absolute atomic E-state index is 0.00411. The third kappa shape index (κ3) is 6.11. The number of sulfonamides is 1. The molecule has 1 saturated heterocycles. The number of thiocarbonyl (C=S) groups is 1. The number of nitrogens with one attached hydrogen (secondary N) is 1. The van der Waals surface area contributed by atoms with Crippen molar-refractivity contribution in [2.24, 2.45) is 0 Å². The van der Waals surface area contributed by atoms with Crippen LogP contribution in [0, 0.1) is 6.92 Å². The predicted molar refractivity (Wildman–Crippen MR) is 127 cm³/mol. The Bertz CT molecular complexity index is 1220. The van der Waals surface area contributed by atoms with Crippen molar-refractivity contribution in [2.45, 2.75) is 18.7 Å². The van der Waals surface area contributed by atoms with Gasteiger partial charge in [0, 0.05) is 0 Å². The van der Waals surface area contributed by atoms with Crippen LogP contribution in [0.1, 0.15) is 18.1 Å². The van der Waals surface area contributed by atoms with Crippen molar-refractivity contribution >= 4 is 56.3 Å². The molecule has 9 nitrogen and oxygen atoms in total. The number of ether oxygens (including phenoxy) is 2. The highest BCUT2D eigenvalue weighted by Crippen LogP contribution is 2.34. The average Bonchev–Trinajstić information content (AvgIpc) is 3.00. The van der Waals surface area contributed by atoms with Crippen LogP contribution >= 0.6 is 24.0 Å². The largest absolute Gasteiger partial charge is 0.490 e. The summed E-state index contributed by atoms with van der Waals surface area (Å²) in [5.74, 6) is -1.19. The van der Waals surface area contributed by atoms with Gasteiger partial charge in [0.2, 0.25) is 0 Å². The summed E-state index contributed by atoms with van der Waals surface area (Å²) in [7, 11) is -4.01. The number of rotatable bonds is 9. The Morgan fingerprint density at radius 3 is 2.52 bits per heavy atom. The smallest absolute Gasteiger partial charge is 0.341 e. The van der Waals surface area contributed by atoms with Gasteiger partial charge in [-0.1, -0.05) is 47.7 Å². The van der Waals surface area contributed by atoms with Crippen LogP contribution in [0.15, 0.2) is 52.3 Å². The number of amides is 1. The van der Waals surface area contributed by atoms with Gasteiger partial charge < -0.3 is 14.6 Å². The Hall–Kier alpha value is -2.93. The number of nitrogens with zero attached hydrogens (tertiary/aromatic N) is 1. The molecule has 0 aliphatic carbocycles. The SMILES string of the molecule is CCOc1cc(/C=C2/SC(=S)N(NS(=O)(=O)c3ccc(C)cc3)C2=O)ccc1OCC(=O)O. The number of hydrogen-bond acceptors (Lipinski definition) is 8. The van der Waals surface area contributed by atoms with Crippen molar-refractivity contribution < 1.29 is 32.6 Å². The highest BCUT2D eigenvalue weighted by Gasteiger charge is 2.35. The topological polar surface area (TPSA) is 122 Å². The first kappa shape index (κ1) is 24.7. The van der Waals surface area contributed by atoms with Crippen LogP contribution in [0.25, 0.3) is 6.08 Å². The van der Waals surface area contributed by atoms with Crippen molar-refractivity contribution in [1.82, 2.24) is 9.84 Å². The predicted octanol–water partition coefficient (Wildman–Crippen LogP) is 2.95. The molecule has 1 amide bonds. The van der Waals surface area contributed by atoms with E-state index >= 15 is 0 Å². The molecule has 0 bridgehead atoms. The van der Waals surface area contributed by atoms with Crippen LogP contribution < -0.4 is 14.3 Å². The molecular formula is C21H20N2O7S3. The number of thioether (sulfide) groups is 1. The van der Waals surface area contributed by atoms with Crippen molar-refractivity contribution in [2.75, 3.05) is 13.2 Å². The Labute approximate surface area is 200 Å². The monoisotopic (exact) mass is 508 g/mol. The third-order valence-electron chi connectivity index (χ3n) is 4.25. The number of aryl methyl sites for hydroxylation is 1. The molecule has 0 radical (unpaired) electrons. The van der Waals surface area contributed by atoms with Gasteiger partial charge in [0.25, 0.3) is 15.9 Å². The fourth-order valence-corrected chi connectivity index (χ4v) is 5.04. The van der Waals surface area contributed by atoms with Gasteiger partial charge in [0.1, 0.15) is 0 Å². The molecule has 1 aliphatic heterocycles. The summed E-state index contributed by atoms with van der Waals surface area (Å²) < 4.78 is 36.1. The van der Waals surface area contributed by atoms with Gasteiger partial charge in [0.05, 0.1) is 16.4 Å². The number of hydrazine groups is 1. The highest BCUT2D eigenvalue weighted by atomic mass is 32.2. The number of carboxylic acids is 1. The van der Waals surface area contributed by atoms with Crippen LogP contribution in [0.4, 0.5) is 0 Å². The quantitative estimate of drug-likeness (QED) is 0.389. The first-order chi connectivity index (χ1) is 15.6. The summed E-state index contributed by atoms with van der Waals surface area (Å²) >= 11 is 6.14. The summed E-state index contributed by atoms with van der Waals surface area (Å²) in [6.07, 6.45) is 1.53. The first-order valence-corrected chi connectivity index (χ1v) is 12.3. The van der Waals surface area contributed by atoms with Crippen molar-refractivity contribution in [3.05, 3.63) is 58.5 Å². The van der Waals surface area contributed by atoms with E-state index in [4.69, 9.17) is 26.8 Å². The maximum absolute atomic E-state index is 12.8. The molecule has 0 aromatic heterocycles. The number of aliphatic carboxylic acids is 1. The van der Waals surface area contributed by atoms with Gasteiger partial charge in [-0.3, -0.25) is 4.79 Å². The molecular weight excluding hydrogens is 488 g/mol. The van der Waals surface area contributed by atoms with E-state index in [2.05, 4.69) is 4.83 Å². The average molecular weight is 509 g/mol. The zero-order valence-corrected chi connectivity index (χ0v) is 20.1. The van der Waals surface area contributed by atoms with E-state index in [0.29, 0.717) is 17.9 Å². The zero-order chi connectivity index (χ0) is 24.2. The highest BCUT2D eigenvalue weighted by molar-refractivity contribution is 8.26. The minimum Gasteiger partial charge on any atom is -0.490 e. The molecule has 3 rings (SSSR count). The number of carboxylic acid groups (broad SMARTS) is 1. The van der Waals surface area contributed by atoms with Crippen LogP contribution in [-0.2, 0) is 19.6 Å². The molecule has 0 spiro atoms. The summed E-state index contributed by atoms with van der Waals surface area (Å²) in [6, 6.07) is 10.9. The first-order valence-electron chi connectivity index (χ1n) is 9.59. The van der Waals surface area contributed by atoms with Gasteiger partial charge in [-0.05, 0) is 49.8 Å². The molecule has 1 fully saturated rings. The van der Waals surface area contributed by atoms with E-state index in [-0.39, 0.29) is 19.9 Å². The third-order valence-corrected chi connectivity index (χ3v) is 6.87. The van der Waals surface area contributed by atoms with E-state index in [0.717, 1.165) is 22.3 Å². The van der Waals surface area contributed by atoms with Crippen LogP contribution in [-0.4, -0.2) is 47.9 Å². The zero-order valence-electron chi connectivity index (χ0n) is 17.6. The molecule has 1 heterocycles. The number of carbonyl (C=O) groups is 2. The normalized spacial score (nSPS) is 15.2. The van der Waals surface area contributed by atoms with Crippen molar-refractivity contribution in [3.8, 4) is 11.5 Å². The standard InChI is InChI=1S/C21H20N2O7S3/c1-3-29-17-10-14(6-9-16(17)30-12-19(24)25)11-18-20(26)23(21(31)32-18)22-33(27,28)15-7-4-13(2)5-8-15/h4-11,22H,3,12H2,1-2H3,(H,24,25)/b18-11+. The van der Waals surface area contributed by atoms with Gasteiger partial charge in [-0.25, -0.2) is 18.2 Å². The molecule has 0 atom stereocenters. The molecule has 0 saturated carbocycles. The Balaban J connectivity index is 1.82. The molecule has 2 N–H and O–H groups in total. The summed E-state index contributed by atoms with van der Waals surface area (Å²) in [5.41, 5.74) is 1.45. The van der Waals surface area contributed by atoms with Crippen molar-refractivity contribution in [1.29, 1.82) is 0 Å². The second kappa shape index (κ2) is 10.3. The van der Waals surface area contributed by atoms with Crippen LogP contribution in [0.3, 0.4) is 0 Å². The summed E-state index contributed by atoms with van der Waals surface area (Å²) in [5, 5.41) is 9.62. The number of carbonyl (C=O) groups excluding carboxylic acids is 1. The second-order valence-corrected chi connectivity index (χ2v) is 10.1. The lowest BCUT2D eigenvalue weighted by Crippen LogP contribution is -2.44. The van der Waals surface area contributed by atoms with E-state index in [1.807, 2.05) is 6.92 Å². The summed E-state index contributed by atoms with van der Waals surface area (Å²) in [6.45, 7) is 3.38. The summed E-state index contributed by atoms with van der Waals surface area (Å²) in [4.78, 5) is 26.0. The maximum Gasteiger partial charge on any atom is 0.341 e. The van der Waals surface area contributed by atoms with Crippen LogP contribution in [0.5, 0.6) is 11.5 Å². The van der Waals surface area contributed by atoms with E-state index < -0.39 is 28.5 Å². The van der Waals surface area contributed by atoms with Gasteiger partial charge >= 0.3 is 5.97 Å². The molecule has 0 unspecified atom stereocenters. The maximum atomic E-state index is 12.8. The molecule has 12 heteroatoms. The fourth-order valence-electron chi connectivity index (χ4n) is 2.73. The lowest BCUT2D eigenvalue weighted by Gasteiger charge is -2.16. The Morgan fingerprint density at radius 2 is 1.88 bits per heavy atom. The minimum atomic E-state index is -4.01. The van der Waals surface area contributed by atoms with Crippen molar-refractivity contribution in [3.63, 3.8) is 0 Å². The molecule has 2 aromatic rings. The van der Waals surface area contributed by atoms with E-state index in [9.17, 15) is 18.0 Å². The number of benzene rings is 2. The fraction of sp³-hybridized carbons (Fsp3) is 0.190. The molecule has 2 aromatic carbocycles. The Kier molecular flexibility index (Phi) is 7.74. The lowest BCUT2D eigenvalue weighted by atomic mass is 10.2. The van der Waals surface area contributed by atoms with Gasteiger partial charge in [-0.15, -0.1) is 4.83 Å².